The third-order valence-electron chi connectivity index (χ3n) is 3.57. The molecule has 116 valence electrons. The van der Waals surface area contributed by atoms with E-state index in [0.717, 1.165) is 28.0 Å². The van der Waals surface area contributed by atoms with E-state index in [1.165, 1.54) is 0 Å². The van der Waals surface area contributed by atoms with Crippen molar-refractivity contribution >= 4 is 33.2 Å². The van der Waals surface area contributed by atoms with Gasteiger partial charge in [-0.25, -0.2) is 0 Å². The van der Waals surface area contributed by atoms with E-state index in [0.29, 0.717) is 13.0 Å². The fourth-order valence-electron chi connectivity index (χ4n) is 2.24. The summed E-state index contributed by atoms with van der Waals surface area (Å²) in [6.07, 6.45) is 0.466. The third kappa shape index (κ3) is 4.60. The number of nitrogens with one attached hydrogen (secondary N) is 1. The van der Waals surface area contributed by atoms with E-state index >= 15 is 0 Å². The normalized spacial score (nSPS) is 10.3. The number of hydrogen-bond donors (Lipinski definition) is 1. The first-order valence-electron chi connectivity index (χ1n) is 7.46. The molecule has 3 nitrogen and oxygen atoms in total. The molecule has 22 heavy (non-hydrogen) atoms. The smallest absolute Gasteiger partial charge is 0.226 e. The van der Waals surface area contributed by atoms with Crippen molar-refractivity contribution in [3.63, 3.8) is 0 Å². The van der Waals surface area contributed by atoms with Gasteiger partial charge in [-0.15, -0.1) is 0 Å². The monoisotopic (exact) mass is 360 g/mol. The zero-order valence-electron chi connectivity index (χ0n) is 13.0. The van der Waals surface area contributed by atoms with Gasteiger partial charge in [0.15, 0.2) is 0 Å². The Labute approximate surface area is 140 Å². The topological polar surface area (TPSA) is 32.3 Å². The maximum Gasteiger partial charge on any atom is 0.226 e. The Morgan fingerprint density at radius 1 is 1.18 bits per heavy atom. The molecule has 0 aliphatic rings. The fraction of sp³-hybridized carbons (Fsp3) is 0.278. The Bertz CT molecular complexity index is 628. The van der Waals surface area contributed by atoms with E-state index in [4.69, 9.17) is 0 Å². The van der Waals surface area contributed by atoms with Gasteiger partial charge in [-0.3, -0.25) is 4.79 Å². The molecule has 0 aliphatic heterocycles. The van der Waals surface area contributed by atoms with Gasteiger partial charge < -0.3 is 10.2 Å². The highest BCUT2D eigenvalue weighted by molar-refractivity contribution is 9.10. The average molecular weight is 361 g/mol. The summed E-state index contributed by atoms with van der Waals surface area (Å²) in [4.78, 5) is 14.3. The number of aryl methyl sites for hydroxylation is 1. The predicted octanol–water partition coefficient (Wildman–Crippen LogP) is 4.61. The maximum atomic E-state index is 12.1. The molecule has 0 spiro atoms. The summed E-state index contributed by atoms with van der Waals surface area (Å²) < 4.78 is 1.00. The van der Waals surface area contributed by atoms with Crippen LogP contribution in [0.15, 0.2) is 53.0 Å². The summed E-state index contributed by atoms with van der Waals surface area (Å²) in [5, 5.41) is 2.95. The number of halogens is 1. The molecule has 2 rings (SSSR count). The van der Waals surface area contributed by atoms with Crippen LogP contribution in [0.2, 0.25) is 0 Å². The van der Waals surface area contributed by atoms with Crippen LogP contribution in [0.4, 0.5) is 11.4 Å². The number of hydrogen-bond acceptors (Lipinski definition) is 2. The van der Waals surface area contributed by atoms with Crippen molar-refractivity contribution in [2.75, 3.05) is 23.3 Å². The highest BCUT2D eigenvalue weighted by Gasteiger charge is 2.08. The van der Waals surface area contributed by atoms with E-state index in [9.17, 15) is 4.79 Å². The lowest BCUT2D eigenvalue weighted by atomic mass is 10.2. The Kier molecular flexibility index (Phi) is 6.01. The van der Waals surface area contributed by atoms with Crippen molar-refractivity contribution in [1.29, 1.82) is 0 Å². The van der Waals surface area contributed by atoms with Crippen LogP contribution in [-0.4, -0.2) is 19.0 Å². The minimum atomic E-state index is 0.0325. The van der Waals surface area contributed by atoms with Crippen molar-refractivity contribution in [3.8, 4) is 0 Å². The van der Waals surface area contributed by atoms with Gasteiger partial charge in [0.2, 0.25) is 5.91 Å². The molecule has 4 heteroatoms. The van der Waals surface area contributed by atoms with Crippen LogP contribution in [0.3, 0.4) is 0 Å². The fourth-order valence-corrected chi connectivity index (χ4v) is 2.62. The van der Waals surface area contributed by atoms with Crippen LogP contribution in [0.5, 0.6) is 0 Å². The molecular weight excluding hydrogens is 340 g/mol. The van der Waals surface area contributed by atoms with Crippen molar-refractivity contribution in [1.82, 2.24) is 0 Å². The molecule has 0 unspecified atom stereocenters. The van der Waals surface area contributed by atoms with Gasteiger partial charge in [0.1, 0.15) is 0 Å². The summed E-state index contributed by atoms with van der Waals surface area (Å²) in [5.41, 5.74) is 3.13. The van der Waals surface area contributed by atoms with Gasteiger partial charge >= 0.3 is 0 Å². The predicted molar refractivity (Wildman–Crippen MR) is 96.5 cm³/mol. The minimum Gasteiger partial charge on any atom is -0.371 e. The van der Waals surface area contributed by atoms with Crippen LogP contribution in [-0.2, 0) is 4.79 Å². The van der Waals surface area contributed by atoms with Crippen LogP contribution in [0.25, 0.3) is 0 Å². The second kappa shape index (κ2) is 7.99. The molecule has 0 saturated carbocycles. The third-order valence-corrected chi connectivity index (χ3v) is 4.42. The van der Waals surface area contributed by atoms with Crippen molar-refractivity contribution in [2.24, 2.45) is 0 Å². The SMILES string of the molecule is CCN(CCC(=O)Nc1ccc(C)c(Br)c1)c1ccccc1. The Morgan fingerprint density at radius 3 is 2.55 bits per heavy atom. The molecular formula is C18H21BrN2O. The number of benzene rings is 2. The van der Waals surface area contributed by atoms with Crippen LogP contribution in [0, 0.1) is 6.92 Å². The maximum absolute atomic E-state index is 12.1. The van der Waals surface area contributed by atoms with Crippen LogP contribution in [0.1, 0.15) is 18.9 Å². The average Bonchev–Trinajstić information content (AvgIpc) is 2.52. The van der Waals surface area contributed by atoms with Crippen LogP contribution >= 0.6 is 15.9 Å². The first kappa shape index (κ1) is 16.6. The highest BCUT2D eigenvalue weighted by Crippen LogP contribution is 2.21. The van der Waals surface area contributed by atoms with Crippen molar-refractivity contribution in [3.05, 3.63) is 58.6 Å². The molecule has 0 bridgehead atoms. The van der Waals surface area contributed by atoms with E-state index in [1.54, 1.807) is 0 Å². The van der Waals surface area contributed by atoms with E-state index < -0.39 is 0 Å². The molecule has 0 aromatic heterocycles. The molecule has 1 amide bonds. The number of amides is 1. The zero-order valence-corrected chi connectivity index (χ0v) is 14.6. The quantitative estimate of drug-likeness (QED) is 0.815. The second-order valence-corrected chi connectivity index (χ2v) is 6.03. The molecule has 0 fully saturated rings. The first-order chi connectivity index (χ1) is 10.6. The zero-order chi connectivity index (χ0) is 15.9. The number of nitrogens with zero attached hydrogens (tertiary/aromatic N) is 1. The van der Waals surface area contributed by atoms with Crippen LogP contribution < -0.4 is 10.2 Å². The summed E-state index contributed by atoms with van der Waals surface area (Å²) in [5.74, 6) is 0.0325. The Morgan fingerprint density at radius 2 is 1.91 bits per heavy atom. The lowest BCUT2D eigenvalue weighted by molar-refractivity contribution is -0.116. The van der Waals surface area contributed by atoms with Gasteiger partial charge in [-0.05, 0) is 43.7 Å². The molecule has 0 radical (unpaired) electrons. The molecule has 1 N–H and O–H groups in total. The van der Waals surface area contributed by atoms with Gasteiger partial charge in [-0.1, -0.05) is 40.2 Å². The van der Waals surface area contributed by atoms with Gasteiger partial charge in [0, 0.05) is 35.4 Å². The summed E-state index contributed by atoms with van der Waals surface area (Å²) in [7, 11) is 0. The number of carbonyl (C=O) groups is 1. The molecule has 0 heterocycles. The first-order valence-corrected chi connectivity index (χ1v) is 8.25. The summed E-state index contributed by atoms with van der Waals surface area (Å²) >= 11 is 3.48. The Balaban J connectivity index is 1.90. The molecule has 2 aromatic rings. The largest absolute Gasteiger partial charge is 0.371 e. The van der Waals surface area contributed by atoms with E-state index in [2.05, 4.69) is 45.2 Å². The molecule has 0 atom stereocenters. The highest BCUT2D eigenvalue weighted by atomic mass is 79.9. The lowest BCUT2D eigenvalue weighted by Gasteiger charge is -2.22. The number of carbonyl (C=O) groups excluding carboxylic acids is 1. The number of rotatable bonds is 6. The molecule has 0 aliphatic carbocycles. The van der Waals surface area contributed by atoms with Gasteiger partial charge in [0.05, 0.1) is 0 Å². The molecule has 0 saturated heterocycles. The number of anilines is 2. The second-order valence-electron chi connectivity index (χ2n) is 5.18. The van der Waals surface area contributed by atoms with E-state index in [1.807, 2.05) is 43.3 Å². The Hall–Kier alpha value is -1.81. The number of para-hydroxylation sites is 1. The minimum absolute atomic E-state index is 0.0325. The summed E-state index contributed by atoms with van der Waals surface area (Å²) in [6, 6.07) is 16.0. The van der Waals surface area contributed by atoms with Gasteiger partial charge in [-0.2, -0.15) is 0 Å². The van der Waals surface area contributed by atoms with E-state index in [-0.39, 0.29) is 5.91 Å². The summed E-state index contributed by atoms with van der Waals surface area (Å²) in [6.45, 7) is 5.71. The van der Waals surface area contributed by atoms with Crippen molar-refractivity contribution < 1.29 is 4.79 Å². The van der Waals surface area contributed by atoms with Gasteiger partial charge in [0.25, 0.3) is 0 Å². The standard InChI is InChI=1S/C18H21BrN2O/c1-3-21(16-7-5-4-6-8-16)12-11-18(22)20-15-10-9-14(2)17(19)13-15/h4-10,13H,3,11-12H2,1-2H3,(H,20,22). The van der Waals surface area contributed by atoms with Crippen molar-refractivity contribution in [2.45, 2.75) is 20.3 Å². The molecule has 2 aromatic carbocycles. The lowest BCUT2D eigenvalue weighted by Crippen LogP contribution is -2.27.